The highest BCUT2D eigenvalue weighted by Gasteiger charge is 2.41. The van der Waals surface area contributed by atoms with Gasteiger partial charge >= 0.3 is 0 Å². The zero-order chi connectivity index (χ0) is 15.0. The summed E-state index contributed by atoms with van der Waals surface area (Å²) in [5, 5.41) is 4.29. The van der Waals surface area contributed by atoms with Gasteiger partial charge in [-0.05, 0) is 51.3 Å². The molecule has 3 unspecified atom stereocenters. The molecule has 2 fully saturated rings. The number of pyridine rings is 1. The van der Waals surface area contributed by atoms with E-state index in [4.69, 9.17) is 17.3 Å². The largest absolute Gasteiger partial charge is 0.383 e. The van der Waals surface area contributed by atoms with Gasteiger partial charge in [0, 0.05) is 29.9 Å². The quantitative estimate of drug-likeness (QED) is 0.898. The Morgan fingerprint density at radius 3 is 2.71 bits per heavy atom. The SMILES string of the molecule is CCNC(c1cc(Cl)cnc1N)C1CC2CCC(C1)N2C. The lowest BCUT2D eigenvalue weighted by atomic mass is 9.82. The number of nitrogen functional groups attached to an aromatic ring is 1. The first-order valence-corrected chi connectivity index (χ1v) is 8.34. The number of nitrogens with zero attached hydrogens (tertiary/aromatic N) is 2. The summed E-state index contributed by atoms with van der Waals surface area (Å²) in [7, 11) is 2.27. The first-order valence-electron chi connectivity index (χ1n) is 7.96. The number of fused-ring (bicyclic) bond motifs is 2. The van der Waals surface area contributed by atoms with Gasteiger partial charge in [0.05, 0.1) is 5.02 Å². The molecule has 2 aliphatic rings. The number of hydrogen-bond acceptors (Lipinski definition) is 4. The highest BCUT2D eigenvalue weighted by molar-refractivity contribution is 6.30. The van der Waals surface area contributed by atoms with Gasteiger partial charge in [-0.1, -0.05) is 18.5 Å². The number of nitrogens with one attached hydrogen (secondary N) is 1. The fourth-order valence-electron chi connectivity index (χ4n) is 4.19. The smallest absolute Gasteiger partial charge is 0.128 e. The Morgan fingerprint density at radius 2 is 2.10 bits per heavy atom. The minimum absolute atomic E-state index is 0.262. The van der Waals surface area contributed by atoms with Crippen LogP contribution < -0.4 is 11.1 Å². The highest BCUT2D eigenvalue weighted by atomic mass is 35.5. The summed E-state index contributed by atoms with van der Waals surface area (Å²) in [5.41, 5.74) is 7.19. The van der Waals surface area contributed by atoms with Crippen LogP contribution in [0.2, 0.25) is 5.02 Å². The van der Waals surface area contributed by atoms with Gasteiger partial charge in [0.15, 0.2) is 0 Å². The van der Waals surface area contributed by atoms with Crippen molar-refractivity contribution in [2.75, 3.05) is 19.3 Å². The van der Waals surface area contributed by atoms with Crippen molar-refractivity contribution < 1.29 is 0 Å². The van der Waals surface area contributed by atoms with E-state index in [9.17, 15) is 0 Å². The number of anilines is 1. The van der Waals surface area contributed by atoms with Gasteiger partial charge in [-0.3, -0.25) is 0 Å². The lowest BCUT2D eigenvalue weighted by Crippen LogP contribution is -2.44. The number of rotatable bonds is 4. The maximum atomic E-state index is 6.14. The van der Waals surface area contributed by atoms with Crippen LogP contribution in [0, 0.1) is 5.92 Å². The first-order chi connectivity index (χ1) is 10.1. The van der Waals surface area contributed by atoms with E-state index in [1.165, 1.54) is 25.7 Å². The van der Waals surface area contributed by atoms with Crippen LogP contribution in [0.1, 0.15) is 44.2 Å². The molecule has 21 heavy (non-hydrogen) atoms. The van der Waals surface area contributed by atoms with Crippen molar-refractivity contribution in [3.05, 3.63) is 22.8 Å². The summed E-state index contributed by atoms with van der Waals surface area (Å²) in [4.78, 5) is 6.81. The number of nitrogens with two attached hydrogens (primary N) is 1. The average Bonchev–Trinajstić information content (AvgIpc) is 2.69. The van der Waals surface area contributed by atoms with Crippen LogP contribution in [0.25, 0.3) is 0 Å². The maximum Gasteiger partial charge on any atom is 0.128 e. The number of hydrogen-bond donors (Lipinski definition) is 2. The van der Waals surface area contributed by atoms with Crippen molar-refractivity contribution in [1.29, 1.82) is 0 Å². The topological polar surface area (TPSA) is 54.2 Å². The van der Waals surface area contributed by atoms with Crippen molar-refractivity contribution in [2.45, 2.75) is 50.7 Å². The van der Waals surface area contributed by atoms with Gasteiger partial charge in [0.1, 0.15) is 5.82 Å². The lowest BCUT2D eigenvalue weighted by Gasteiger charge is -2.40. The van der Waals surface area contributed by atoms with Gasteiger partial charge in [0.2, 0.25) is 0 Å². The second-order valence-corrected chi connectivity index (χ2v) is 6.88. The minimum Gasteiger partial charge on any atom is -0.383 e. The van der Waals surface area contributed by atoms with E-state index in [0.29, 0.717) is 16.8 Å². The summed E-state index contributed by atoms with van der Waals surface area (Å²) < 4.78 is 0. The summed E-state index contributed by atoms with van der Waals surface area (Å²) in [5.74, 6) is 1.22. The molecular formula is C16H25ClN4. The molecule has 0 aromatic carbocycles. The van der Waals surface area contributed by atoms with Gasteiger partial charge < -0.3 is 16.0 Å². The fourth-order valence-corrected chi connectivity index (χ4v) is 4.36. The van der Waals surface area contributed by atoms with Crippen LogP contribution in [0.3, 0.4) is 0 Å². The molecule has 1 aromatic rings. The molecule has 0 saturated carbocycles. The molecule has 2 saturated heterocycles. The predicted octanol–water partition coefficient (Wildman–Crippen LogP) is 2.84. The molecule has 0 spiro atoms. The van der Waals surface area contributed by atoms with Crippen LogP contribution in [0.15, 0.2) is 12.3 Å². The molecule has 2 aliphatic heterocycles. The van der Waals surface area contributed by atoms with Crippen molar-refractivity contribution in [2.24, 2.45) is 5.92 Å². The second-order valence-electron chi connectivity index (χ2n) is 6.45. The number of aromatic nitrogens is 1. The van der Waals surface area contributed by atoms with Gasteiger partial charge in [0.25, 0.3) is 0 Å². The van der Waals surface area contributed by atoms with Crippen LogP contribution in [0.5, 0.6) is 0 Å². The van der Waals surface area contributed by atoms with Crippen LogP contribution in [-0.2, 0) is 0 Å². The first kappa shape index (κ1) is 15.1. The van der Waals surface area contributed by atoms with Crippen LogP contribution in [-0.4, -0.2) is 35.6 Å². The van der Waals surface area contributed by atoms with Crippen molar-refractivity contribution in [3.8, 4) is 0 Å². The van der Waals surface area contributed by atoms with E-state index in [1.807, 2.05) is 6.07 Å². The van der Waals surface area contributed by atoms with E-state index in [1.54, 1.807) is 6.20 Å². The zero-order valence-electron chi connectivity index (χ0n) is 12.8. The van der Waals surface area contributed by atoms with Crippen LogP contribution >= 0.6 is 11.6 Å². The van der Waals surface area contributed by atoms with E-state index >= 15 is 0 Å². The van der Waals surface area contributed by atoms with E-state index < -0.39 is 0 Å². The summed E-state index contributed by atoms with van der Waals surface area (Å²) in [6.45, 7) is 3.07. The average molecular weight is 309 g/mol. The minimum atomic E-state index is 0.262. The molecule has 116 valence electrons. The zero-order valence-corrected chi connectivity index (χ0v) is 13.6. The molecule has 3 rings (SSSR count). The summed E-state index contributed by atoms with van der Waals surface area (Å²) in [6, 6.07) is 3.70. The maximum absolute atomic E-state index is 6.14. The molecule has 3 atom stereocenters. The van der Waals surface area contributed by atoms with Gasteiger partial charge in [-0.25, -0.2) is 4.98 Å². The Bertz CT molecular complexity index is 493. The van der Waals surface area contributed by atoms with Crippen molar-refractivity contribution >= 4 is 17.4 Å². The Hall–Kier alpha value is -0.840. The van der Waals surface area contributed by atoms with E-state index in [2.05, 4.69) is 29.2 Å². The molecule has 1 aromatic heterocycles. The van der Waals surface area contributed by atoms with Crippen molar-refractivity contribution in [1.82, 2.24) is 15.2 Å². The second kappa shape index (κ2) is 6.11. The number of halogens is 1. The third kappa shape index (κ3) is 2.89. The highest BCUT2D eigenvalue weighted by Crippen LogP contribution is 2.43. The fraction of sp³-hybridized carbons (Fsp3) is 0.688. The van der Waals surface area contributed by atoms with Gasteiger partial charge in [-0.15, -0.1) is 0 Å². The molecule has 0 aliphatic carbocycles. The Kier molecular flexibility index (Phi) is 4.38. The number of piperidine rings is 1. The lowest BCUT2D eigenvalue weighted by molar-refractivity contribution is 0.113. The van der Waals surface area contributed by atoms with E-state index in [-0.39, 0.29) is 6.04 Å². The molecular weight excluding hydrogens is 284 g/mol. The Morgan fingerprint density at radius 1 is 1.43 bits per heavy atom. The summed E-state index contributed by atoms with van der Waals surface area (Å²) in [6.07, 6.45) is 6.76. The standard InChI is InChI=1S/C16H25ClN4/c1-3-19-15(14-8-11(17)9-20-16(14)18)10-6-12-4-5-13(7-10)21(12)2/h8-10,12-13,15,19H,3-7H2,1-2H3,(H2,18,20). The molecule has 3 N–H and O–H groups in total. The normalized spacial score (nSPS) is 30.5. The monoisotopic (exact) mass is 308 g/mol. The molecule has 3 heterocycles. The third-order valence-electron chi connectivity index (χ3n) is 5.28. The molecule has 0 radical (unpaired) electrons. The van der Waals surface area contributed by atoms with Gasteiger partial charge in [-0.2, -0.15) is 0 Å². The Balaban J connectivity index is 1.86. The molecule has 5 heteroatoms. The van der Waals surface area contributed by atoms with Crippen LogP contribution in [0.4, 0.5) is 5.82 Å². The Labute approximate surface area is 132 Å². The van der Waals surface area contributed by atoms with Crippen molar-refractivity contribution in [3.63, 3.8) is 0 Å². The van der Waals surface area contributed by atoms with E-state index in [0.717, 1.165) is 24.2 Å². The third-order valence-corrected chi connectivity index (χ3v) is 5.49. The molecule has 0 amide bonds. The summed E-state index contributed by atoms with van der Waals surface area (Å²) >= 11 is 6.14. The predicted molar refractivity (Wildman–Crippen MR) is 87.4 cm³/mol. The molecule has 4 nitrogen and oxygen atoms in total. The molecule has 2 bridgehead atoms.